The van der Waals surface area contributed by atoms with E-state index in [9.17, 15) is 34.2 Å². The Morgan fingerprint density at radius 3 is 2.09 bits per heavy atom. The summed E-state index contributed by atoms with van der Waals surface area (Å²) in [6.07, 6.45) is 3.01. The molecule has 3 amide bonds. The van der Waals surface area contributed by atoms with Crippen LogP contribution in [0.4, 0.5) is 0 Å². The normalized spacial score (nSPS) is 14.4. The number of carbonyl (C=O) groups excluding carboxylic acids is 3. The van der Waals surface area contributed by atoms with Crippen LogP contribution in [0.15, 0.2) is 12.5 Å². The fourth-order valence-corrected chi connectivity index (χ4v) is 3.08. The van der Waals surface area contributed by atoms with Crippen molar-refractivity contribution in [1.29, 1.82) is 0 Å². The van der Waals surface area contributed by atoms with Gasteiger partial charge in [-0.05, 0) is 31.7 Å². The molecule has 0 saturated carbocycles. The summed E-state index contributed by atoms with van der Waals surface area (Å²) in [5.41, 5.74) is 11.8. The van der Waals surface area contributed by atoms with E-state index in [0.717, 1.165) is 0 Å². The standard InChI is InChI=1S/C21H35N7O7/c1-11(2)17(23)20(33)26-13(5-3-4-6-22)18(31)27-14(8-16(29)30)19(32)28-15(21(34)35)7-12-9-24-10-25-12/h9-11,13-15,17H,3-8,22-23H2,1-2H3,(H,24,25)(H,26,33)(H,27,31)(H,28,32)(H,29,30)(H,34,35). The number of imidazole rings is 1. The number of unbranched alkanes of at least 4 members (excludes halogenated alkanes) is 1. The van der Waals surface area contributed by atoms with Gasteiger partial charge in [-0.3, -0.25) is 19.2 Å². The number of nitrogens with two attached hydrogens (primary N) is 2. The first-order valence-electron chi connectivity index (χ1n) is 11.2. The Balaban J connectivity index is 2.98. The number of amides is 3. The van der Waals surface area contributed by atoms with Gasteiger partial charge in [0.2, 0.25) is 17.7 Å². The minimum Gasteiger partial charge on any atom is -0.481 e. The van der Waals surface area contributed by atoms with Crippen molar-refractivity contribution in [3.05, 3.63) is 18.2 Å². The number of aliphatic carboxylic acids is 2. The van der Waals surface area contributed by atoms with Crippen molar-refractivity contribution in [2.24, 2.45) is 17.4 Å². The van der Waals surface area contributed by atoms with E-state index in [4.69, 9.17) is 11.5 Å². The molecule has 1 heterocycles. The second kappa shape index (κ2) is 14.7. The van der Waals surface area contributed by atoms with E-state index in [1.54, 1.807) is 13.8 Å². The van der Waals surface area contributed by atoms with Gasteiger partial charge in [-0.2, -0.15) is 0 Å². The van der Waals surface area contributed by atoms with E-state index in [1.807, 2.05) is 0 Å². The first-order valence-corrected chi connectivity index (χ1v) is 11.2. The van der Waals surface area contributed by atoms with E-state index in [0.29, 0.717) is 25.1 Å². The van der Waals surface area contributed by atoms with Crippen molar-refractivity contribution >= 4 is 29.7 Å². The van der Waals surface area contributed by atoms with Crippen LogP contribution >= 0.6 is 0 Å². The van der Waals surface area contributed by atoms with Gasteiger partial charge in [0, 0.05) is 18.3 Å². The highest BCUT2D eigenvalue weighted by Gasteiger charge is 2.32. The van der Waals surface area contributed by atoms with Gasteiger partial charge >= 0.3 is 11.9 Å². The molecule has 35 heavy (non-hydrogen) atoms. The molecule has 0 spiro atoms. The number of aromatic amines is 1. The molecule has 0 bridgehead atoms. The van der Waals surface area contributed by atoms with E-state index >= 15 is 0 Å². The maximum absolute atomic E-state index is 12.9. The Bertz CT molecular complexity index is 860. The largest absolute Gasteiger partial charge is 0.481 e. The molecule has 196 valence electrons. The lowest BCUT2D eigenvalue weighted by Gasteiger charge is -2.25. The molecule has 1 aromatic heterocycles. The Morgan fingerprint density at radius 1 is 0.971 bits per heavy atom. The lowest BCUT2D eigenvalue weighted by atomic mass is 10.0. The Morgan fingerprint density at radius 2 is 1.57 bits per heavy atom. The molecule has 4 atom stereocenters. The number of nitrogens with one attached hydrogen (secondary N) is 4. The monoisotopic (exact) mass is 497 g/mol. The first kappa shape index (κ1) is 29.5. The number of hydrogen-bond acceptors (Lipinski definition) is 8. The minimum atomic E-state index is -1.59. The molecule has 0 radical (unpaired) electrons. The average Bonchev–Trinajstić information content (AvgIpc) is 3.29. The van der Waals surface area contributed by atoms with Gasteiger partial charge in [-0.15, -0.1) is 0 Å². The molecule has 0 aliphatic rings. The smallest absolute Gasteiger partial charge is 0.326 e. The maximum atomic E-state index is 12.9. The molecule has 10 N–H and O–H groups in total. The predicted molar refractivity (Wildman–Crippen MR) is 124 cm³/mol. The van der Waals surface area contributed by atoms with Crippen LogP contribution in [0.1, 0.15) is 45.2 Å². The summed E-state index contributed by atoms with van der Waals surface area (Å²) in [7, 11) is 0. The number of rotatable bonds is 16. The Labute approximate surface area is 202 Å². The molecule has 14 nitrogen and oxygen atoms in total. The highest BCUT2D eigenvalue weighted by molar-refractivity contribution is 5.95. The summed E-state index contributed by atoms with van der Waals surface area (Å²) >= 11 is 0. The van der Waals surface area contributed by atoms with Gasteiger partial charge in [0.25, 0.3) is 0 Å². The molecular formula is C21H35N7O7. The van der Waals surface area contributed by atoms with Crippen LogP contribution in [0.3, 0.4) is 0 Å². The van der Waals surface area contributed by atoms with Gasteiger partial charge in [-0.25, -0.2) is 9.78 Å². The van der Waals surface area contributed by atoms with Crippen molar-refractivity contribution in [3.63, 3.8) is 0 Å². The number of carboxylic acid groups (broad SMARTS) is 2. The van der Waals surface area contributed by atoms with Crippen LogP contribution in [0.2, 0.25) is 0 Å². The predicted octanol–water partition coefficient (Wildman–Crippen LogP) is -1.92. The molecule has 0 saturated heterocycles. The molecule has 4 unspecified atom stereocenters. The second-order valence-electron chi connectivity index (χ2n) is 8.45. The molecule has 1 aromatic rings. The van der Waals surface area contributed by atoms with Crippen LogP contribution in [0.25, 0.3) is 0 Å². The van der Waals surface area contributed by atoms with E-state index in [2.05, 4.69) is 25.9 Å². The lowest BCUT2D eigenvalue weighted by Crippen LogP contribution is -2.58. The Hall–Kier alpha value is -3.52. The highest BCUT2D eigenvalue weighted by Crippen LogP contribution is 2.06. The van der Waals surface area contributed by atoms with Crippen LogP contribution in [0.5, 0.6) is 0 Å². The summed E-state index contributed by atoms with van der Waals surface area (Å²) < 4.78 is 0. The van der Waals surface area contributed by atoms with Crippen molar-refractivity contribution < 1.29 is 34.2 Å². The summed E-state index contributed by atoms with van der Waals surface area (Å²) in [6, 6.07) is -4.96. The highest BCUT2D eigenvalue weighted by atomic mass is 16.4. The molecule has 0 fully saturated rings. The lowest BCUT2D eigenvalue weighted by molar-refractivity contribution is -0.143. The van der Waals surface area contributed by atoms with E-state index in [-0.39, 0.29) is 18.8 Å². The van der Waals surface area contributed by atoms with Crippen molar-refractivity contribution in [2.45, 2.75) is 70.1 Å². The molecular weight excluding hydrogens is 462 g/mol. The van der Waals surface area contributed by atoms with Crippen molar-refractivity contribution in [1.82, 2.24) is 25.9 Å². The quantitative estimate of drug-likeness (QED) is 0.118. The number of nitrogens with zero attached hydrogens (tertiary/aromatic N) is 1. The van der Waals surface area contributed by atoms with E-state index in [1.165, 1.54) is 12.5 Å². The molecule has 0 aliphatic carbocycles. The van der Waals surface area contributed by atoms with Crippen molar-refractivity contribution in [2.75, 3.05) is 6.54 Å². The van der Waals surface area contributed by atoms with Gasteiger partial charge in [0.15, 0.2) is 0 Å². The molecule has 0 aliphatic heterocycles. The number of H-pyrrole nitrogens is 1. The summed E-state index contributed by atoms with van der Waals surface area (Å²) in [5, 5.41) is 25.8. The minimum absolute atomic E-state index is 0.139. The molecule has 0 aromatic carbocycles. The number of carbonyl (C=O) groups is 5. The zero-order valence-corrected chi connectivity index (χ0v) is 19.8. The third-order valence-corrected chi connectivity index (χ3v) is 5.21. The fourth-order valence-electron chi connectivity index (χ4n) is 3.08. The zero-order valence-electron chi connectivity index (χ0n) is 19.8. The summed E-state index contributed by atoms with van der Waals surface area (Å²) in [6.45, 7) is 3.84. The SMILES string of the molecule is CC(C)C(N)C(=O)NC(CCCCN)C(=O)NC(CC(=O)O)C(=O)NC(Cc1cnc[nH]1)C(=O)O. The van der Waals surface area contributed by atoms with Gasteiger partial charge in [0.05, 0.1) is 18.8 Å². The first-order chi connectivity index (χ1) is 16.5. The maximum Gasteiger partial charge on any atom is 0.326 e. The van der Waals surface area contributed by atoms with Crippen LogP contribution in [-0.4, -0.2) is 80.6 Å². The summed E-state index contributed by atoms with van der Waals surface area (Å²) in [4.78, 5) is 67.5. The number of carboxylic acids is 2. The topological polar surface area (TPSA) is 243 Å². The van der Waals surface area contributed by atoms with Crippen molar-refractivity contribution in [3.8, 4) is 0 Å². The van der Waals surface area contributed by atoms with E-state index < -0.39 is 60.2 Å². The Kier molecular flexibility index (Phi) is 12.4. The van der Waals surface area contributed by atoms with Crippen LogP contribution in [-0.2, 0) is 30.4 Å². The van der Waals surface area contributed by atoms with Crippen LogP contribution in [0, 0.1) is 5.92 Å². The third-order valence-electron chi connectivity index (χ3n) is 5.21. The summed E-state index contributed by atoms with van der Waals surface area (Å²) in [5.74, 6) is -5.32. The zero-order chi connectivity index (χ0) is 26.5. The van der Waals surface area contributed by atoms with Gasteiger partial charge < -0.3 is 42.6 Å². The number of hydrogen-bond donors (Lipinski definition) is 8. The number of aromatic nitrogens is 2. The van der Waals surface area contributed by atoms with Gasteiger partial charge in [0.1, 0.15) is 18.1 Å². The fraction of sp³-hybridized carbons (Fsp3) is 0.619. The molecule has 14 heteroatoms. The molecule has 1 rings (SSSR count). The van der Waals surface area contributed by atoms with Gasteiger partial charge in [-0.1, -0.05) is 13.8 Å². The van der Waals surface area contributed by atoms with Crippen LogP contribution < -0.4 is 27.4 Å². The average molecular weight is 498 g/mol. The second-order valence-corrected chi connectivity index (χ2v) is 8.45. The third kappa shape index (κ3) is 10.5.